The maximum atomic E-state index is 5.02. The highest BCUT2D eigenvalue weighted by atomic mass is 16.3. The Bertz CT molecular complexity index is 437. The van der Waals surface area contributed by atoms with Gasteiger partial charge in [-0.25, -0.2) is 0 Å². The van der Waals surface area contributed by atoms with E-state index in [2.05, 4.69) is 36.3 Å². The second-order valence-electron chi connectivity index (χ2n) is 4.89. The van der Waals surface area contributed by atoms with Crippen LogP contribution >= 0.6 is 0 Å². The molecule has 2 aromatic rings. The Hall–Kier alpha value is -1.55. The SMILES string of the molecule is CC(C)(C)NCc1cc(-c2ccoc2)n[nH]1. The standard InChI is InChI=1S/C12H17N3O/c1-12(2,3)13-7-10-6-11(15-14-10)9-4-5-16-8-9/h4-6,8,13H,7H2,1-3H3,(H,14,15). The smallest absolute Gasteiger partial charge is 0.0997 e. The van der Waals surface area contributed by atoms with E-state index in [1.165, 1.54) is 0 Å². The molecule has 0 fully saturated rings. The fourth-order valence-corrected chi connectivity index (χ4v) is 1.37. The average Bonchev–Trinajstić information content (AvgIpc) is 2.84. The third-order valence-electron chi connectivity index (χ3n) is 2.26. The van der Waals surface area contributed by atoms with Crippen molar-refractivity contribution >= 4 is 0 Å². The van der Waals surface area contributed by atoms with Crippen molar-refractivity contribution in [1.82, 2.24) is 15.5 Å². The molecule has 2 aromatic heterocycles. The maximum absolute atomic E-state index is 5.02. The van der Waals surface area contributed by atoms with Crippen molar-refractivity contribution in [1.29, 1.82) is 0 Å². The van der Waals surface area contributed by atoms with E-state index in [9.17, 15) is 0 Å². The monoisotopic (exact) mass is 219 g/mol. The second-order valence-corrected chi connectivity index (χ2v) is 4.89. The van der Waals surface area contributed by atoms with Gasteiger partial charge in [0.25, 0.3) is 0 Å². The highest BCUT2D eigenvalue weighted by Crippen LogP contribution is 2.17. The molecule has 16 heavy (non-hydrogen) atoms. The summed E-state index contributed by atoms with van der Waals surface area (Å²) in [7, 11) is 0. The number of furan rings is 1. The molecule has 2 N–H and O–H groups in total. The molecule has 0 saturated heterocycles. The van der Waals surface area contributed by atoms with Crippen molar-refractivity contribution in [2.75, 3.05) is 0 Å². The van der Waals surface area contributed by atoms with E-state index in [-0.39, 0.29) is 5.54 Å². The van der Waals surface area contributed by atoms with Crippen molar-refractivity contribution in [3.63, 3.8) is 0 Å². The van der Waals surface area contributed by atoms with Crippen LogP contribution in [0.15, 0.2) is 29.1 Å². The van der Waals surface area contributed by atoms with E-state index in [0.29, 0.717) is 0 Å². The van der Waals surface area contributed by atoms with Crippen LogP contribution in [-0.4, -0.2) is 15.7 Å². The molecule has 86 valence electrons. The molecule has 0 bridgehead atoms. The van der Waals surface area contributed by atoms with Gasteiger partial charge in [0, 0.05) is 23.3 Å². The van der Waals surface area contributed by atoms with Crippen LogP contribution in [-0.2, 0) is 6.54 Å². The van der Waals surface area contributed by atoms with E-state index in [0.717, 1.165) is 23.5 Å². The van der Waals surface area contributed by atoms with Crippen LogP contribution in [0.1, 0.15) is 26.5 Å². The van der Waals surface area contributed by atoms with Gasteiger partial charge in [-0.2, -0.15) is 5.10 Å². The predicted molar refractivity (Wildman–Crippen MR) is 62.9 cm³/mol. The van der Waals surface area contributed by atoms with Gasteiger partial charge in [0.15, 0.2) is 0 Å². The minimum Gasteiger partial charge on any atom is -0.472 e. The zero-order valence-electron chi connectivity index (χ0n) is 9.87. The first-order valence-corrected chi connectivity index (χ1v) is 5.36. The van der Waals surface area contributed by atoms with Gasteiger partial charge in [-0.3, -0.25) is 5.10 Å². The quantitative estimate of drug-likeness (QED) is 0.834. The molecular formula is C12H17N3O. The first-order chi connectivity index (χ1) is 7.54. The number of H-pyrrole nitrogens is 1. The lowest BCUT2D eigenvalue weighted by Crippen LogP contribution is -2.35. The number of nitrogens with one attached hydrogen (secondary N) is 2. The van der Waals surface area contributed by atoms with Crippen molar-refractivity contribution in [2.45, 2.75) is 32.9 Å². The molecule has 0 saturated carbocycles. The molecule has 0 unspecified atom stereocenters. The lowest BCUT2D eigenvalue weighted by Gasteiger charge is -2.19. The molecule has 0 aliphatic rings. The first kappa shape index (κ1) is 11.0. The van der Waals surface area contributed by atoms with Crippen LogP contribution in [0.25, 0.3) is 11.3 Å². The Kier molecular flexibility index (Phi) is 2.83. The summed E-state index contributed by atoms with van der Waals surface area (Å²) in [5, 5.41) is 10.6. The molecule has 0 amide bonds. The van der Waals surface area contributed by atoms with E-state index in [1.54, 1.807) is 12.5 Å². The summed E-state index contributed by atoms with van der Waals surface area (Å²) in [6.07, 6.45) is 3.34. The summed E-state index contributed by atoms with van der Waals surface area (Å²) in [6.45, 7) is 7.20. The van der Waals surface area contributed by atoms with Crippen LogP contribution in [0, 0.1) is 0 Å². The van der Waals surface area contributed by atoms with E-state index >= 15 is 0 Å². The highest BCUT2D eigenvalue weighted by molar-refractivity contribution is 5.57. The van der Waals surface area contributed by atoms with Crippen molar-refractivity contribution in [3.05, 3.63) is 30.4 Å². The van der Waals surface area contributed by atoms with Gasteiger partial charge >= 0.3 is 0 Å². The van der Waals surface area contributed by atoms with Crippen LogP contribution in [0.5, 0.6) is 0 Å². The maximum Gasteiger partial charge on any atom is 0.0997 e. The van der Waals surface area contributed by atoms with E-state index in [4.69, 9.17) is 4.42 Å². The van der Waals surface area contributed by atoms with Crippen LogP contribution in [0.4, 0.5) is 0 Å². The van der Waals surface area contributed by atoms with Gasteiger partial charge in [0.05, 0.1) is 18.2 Å². The molecule has 4 nitrogen and oxygen atoms in total. The van der Waals surface area contributed by atoms with Gasteiger partial charge in [-0.05, 0) is 32.9 Å². The van der Waals surface area contributed by atoms with Gasteiger partial charge in [-0.1, -0.05) is 0 Å². The Morgan fingerprint density at radius 1 is 1.44 bits per heavy atom. The number of rotatable bonds is 3. The molecule has 0 aromatic carbocycles. The van der Waals surface area contributed by atoms with Gasteiger partial charge in [0.1, 0.15) is 0 Å². The largest absolute Gasteiger partial charge is 0.472 e. The minimum atomic E-state index is 0.112. The molecular weight excluding hydrogens is 202 g/mol. The van der Waals surface area contributed by atoms with Crippen LogP contribution in [0.2, 0.25) is 0 Å². The molecule has 0 aliphatic heterocycles. The van der Waals surface area contributed by atoms with E-state index in [1.807, 2.05) is 12.1 Å². The van der Waals surface area contributed by atoms with Gasteiger partial charge < -0.3 is 9.73 Å². The second kappa shape index (κ2) is 4.14. The topological polar surface area (TPSA) is 53.9 Å². The third-order valence-corrected chi connectivity index (χ3v) is 2.26. The zero-order chi connectivity index (χ0) is 11.6. The van der Waals surface area contributed by atoms with Gasteiger partial charge in [-0.15, -0.1) is 0 Å². The zero-order valence-corrected chi connectivity index (χ0v) is 9.87. The average molecular weight is 219 g/mol. The molecule has 4 heteroatoms. The third kappa shape index (κ3) is 2.73. The lowest BCUT2D eigenvalue weighted by molar-refractivity contribution is 0.421. The first-order valence-electron chi connectivity index (χ1n) is 5.36. The number of hydrogen-bond acceptors (Lipinski definition) is 3. The number of nitrogens with zero attached hydrogens (tertiary/aromatic N) is 1. The Morgan fingerprint density at radius 2 is 2.25 bits per heavy atom. The molecule has 0 aliphatic carbocycles. The minimum absolute atomic E-state index is 0.112. The van der Waals surface area contributed by atoms with E-state index < -0.39 is 0 Å². The van der Waals surface area contributed by atoms with Crippen molar-refractivity contribution in [2.24, 2.45) is 0 Å². The summed E-state index contributed by atoms with van der Waals surface area (Å²) in [4.78, 5) is 0. The molecule has 2 rings (SSSR count). The van der Waals surface area contributed by atoms with Crippen molar-refractivity contribution < 1.29 is 4.42 Å². The van der Waals surface area contributed by atoms with Crippen LogP contribution in [0.3, 0.4) is 0 Å². The summed E-state index contributed by atoms with van der Waals surface area (Å²) in [5.74, 6) is 0. The summed E-state index contributed by atoms with van der Waals surface area (Å²) < 4.78 is 5.02. The van der Waals surface area contributed by atoms with Crippen molar-refractivity contribution in [3.8, 4) is 11.3 Å². The Morgan fingerprint density at radius 3 is 2.88 bits per heavy atom. The Labute approximate surface area is 95.1 Å². The highest BCUT2D eigenvalue weighted by Gasteiger charge is 2.10. The predicted octanol–water partition coefficient (Wildman–Crippen LogP) is 2.56. The molecule has 0 spiro atoms. The number of hydrogen-bond donors (Lipinski definition) is 2. The lowest BCUT2D eigenvalue weighted by atomic mass is 10.1. The molecule has 2 heterocycles. The summed E-state index contributed by atoms with van der Waals surface area (Å²) in [5.41, 5.74) is 3.10. The number of aromatic nitrogens is 2. The fourth-order valence-electron chi connectivity index (χ4n) is 1.37. The normalized spacial score (nSPS) is 11.9. The molecule has 0 atom stereocenters. The molecule has 0 radical (unpaired) electrons. The fraction of sp³-hybridized carbons (Fsp3) is 0.417. The summed E-state index contributed by atoms with van der Waals surface area (Å²) in [6, 6.07) is 3.93. The van der Waals surface area contributed by atoms with Gasteiger partial charge in [0.2, 0.25) is 0 Å². The number of aromatic amines is 1. The summed E-state index contributed by atoms with van der Waals surface area (Å²) >= 11 is 0. The van der Waals surface area contributed by atoms with Crippen LogP contribution < -0.4 is 5.32 Å². The Balaban J connectivity index is 2.03.